The number of nitro groups is 1. The van der Waals surface area contributed by atoms with Crippen LogP contribution in [0, 0.1) is 17.0 Å². The summed E-state index contributed by atoms with van der Waals surface area (Å²) in [6, 6.07) is 19.1. The number of hydrogen-bond acceptors (Lipinski definition) is 5. The molecule has 0 saturated heterocycles. The van der Waals surface area contributed by atoms with Crippen LogP contribution in [0.3, 0.4) is 0 Å². The molecule has 0 heterocycles. The Bertz CT molecular complexity index is 1030. The predicted molar refractivity (Wildman–Crippen MR) is 110 cm³/mol. The molecule has 0 atom stereocenters. The summed E-state index contributed by atoms with van der Waals surface area (Å²) in [6.07, 6.45) is 0. The first-order valence-corrected chi connectivity index (χ1v) is 8.89. The average Bonchev–Trinajstić information content (AvgIpc) is 2.74. The van der Waals surface area contributed by atoms with E-state index >= 15 is 0 Å². The summed E-state index contributed by atoms with van der Waals surface area (Å²) in [6.45, 7) is 1.96. The molecule has 7 heteroatoms. The van der Waals surface area contributed by atoms with Gasteiger partial charge in [-0.2, -0.15) is 0 Å². The fourth-order valence-electron chi connectivity index (χ4n) is 2.81. The van der Waals surface area contributed by atoms with E-state index in [1.165, 1.54) is 19.2 Å². The third-order valence-electron chi connectivity index (χ3n) is 4.41. The molecule has 0 spiro atoms. The van der Waals surface area contributed by atoms with E-state index in [1.807, 2.05) is 30.3 Å². The zero-order chi connectivity index (χ0) is 20.8. The Labute approximate surface area is 168 Å². The predicted octanol–water partition coefficient (Wildman–Crippen LogP) is 4.74. The van der Waals surface area contributed by atoms with Gasteiger partial charge in [-0.15, -0.1) is 0 Å². The number of methoxy groups -OCH3 is 1. The fourth-order valence-corrected chi connectivity index (χ4v) is 2.81. The summed E-state index contributed by atoms with van der Waals surface area (Å²) < 4.78 is 11.2. The molecular formula is C22H20N2O5. The van der Waals surface area contributed by atoms with Crippen LogP contribution in [0.4, 0.5) is 11.4 Å². The first-order valence-electron chi connectivity index (χ1n) is 8.89. The van der Waals surface area contributed by atoms with Gasteiger partial charge in [0.25, 0.3) is 11.6 Å². The standard InChI is InChI=1S/C22H20N2O5/c1-15-18(9-6-10-19(15)24(26)27)23-22(25)17-11-12-20(21(13-17)28-2)29-14-16-7-4-3-5-8-16/h3-13H,14H2,1-2H3,(H,23,25). The van der Waals surface area contributed by atoms with Gasteiger partial charge >= 0.3 is 0 Å². The fraction of sp³-hybridized carbons (Fsp3) is 0.136. The number of amides is 1. The molecule has 0 unspecified atom stereocenters. The lowest BCUT2D eigenvalue weighted by Crippen LogP contribution is -2.13. The summed E-state index contributed by atoms with van der Waals surface area (Å²) >= 11 is 0. The van der Waals surface area contributed by atoms with Crippen molar-refractivity contribution in [3.05, 3.63) is 93.5 Å². The van der Waals surface area contributed by atoms with Crippen molar-refractivity contribution in [3.63, 3.8) is 0 Å². The van der Waals surface area contributed by atoms with Gasteiger partial charge in [0.2, 0.25) is 0 Å². The van der Waals surface area contributed by atoms with Crippen LogP contribution >= 0.6 is 0 Å². The van der Waals surface area contributed by atoms with Gasteiger partial charge < -0.3 is 14.8 Å². The van der Waals surface area contributed by atoms with Crippen molar-refractivity contribution in [2.45, 2.75) is 13.5 Å². The van der Waals surface area contributed by atoms with Crippen LogP contribution in [0.15, 0.2) is 66.7 Å². The lowest BCUT2D eigenvalue weighted by atomic mass is 10.1. The van der Waals surface area contributed by atoms with E-state index < -0.39 is 10.8 Å². The average molecular weight is 392 g/mol. The van der Waals surface area contributed by atoms with E-state index in [9.17, 15) is 14.9 Å². The smallest absolute Gasteiger partial charge is 0.274 e. The Hall–Kier alpha value is -3.87. The first kappa shape index (κ1) is 19.9. The van der Waals surface area contributed by atoms with E-state index in [-0.39, 0.29) is 5.69 Å². The third kappa shape index (κ3) is 4.70. The number of nitrogens with zero attached hydrogens (tertiary/aromatic N) is 1. The number of hydrogen-bond donors (Lipinski definition) is 1. The quantitative estimate of drug-likeness (QED) is 0.463. The summed E-state index contributed by atoms with van der Waals surface area (Å²) in [5, 5.41) is 13.8. The minimum absolute atomic E-state index is 0.0509. The number of nitrogens with one attached hydrogen (secondary N) is 1. The van der Waals surface area contributed by atoms with Crippen LogP contribution in [0.5, 0.6) is 11.5 Å². The van der Waals surface area contributed by atoms with E-state index in [2.05, 4.69) is 5.32 Å². The van der Waals surface area contributed by atoms with Gasteiger partial charge in [-0.1, -0.05) is 36.4 Å². The van der Waals surface area contributed by atoms with Crippen molar-refractivity contribution in [3.8, 4) is 11.5 Å². The summed E-state index contributed by atoms with van der Waals surface area (Å²) in [4.78, 5) is 23.2. The van der Waals surface area contributed by atoms with Crippen LogP contribution in [0.25, 0.3) is 0 Å². The van der Waals surface area contributed by atoms with Gasteiger partial charge in [-0.25, -0.2) is 0 Å². The van der Waals surface area contributed by atoms with E-state index in [0.29, 0.717) is 34.9 Å². The second-order valence-electron chi connectivity index (χ2n) is 6.30. The number of benzene rings is 3. The lowest BCUT2D eigenvalue weighted by Gasteiger charge is -2.13. The number of carbonyl (C=O) groups excluding carboxylic acids is 1. The molecule has 0 aromatic heterocycles. The van der Waals surface area contributed by atoms with Gasteiger partial charge in [0, 0.05) is 11.6 Å². The van der Waals surface area contributed by atoms with Crippen LogP contribution < -0.4 is 14.8 Å². The van der Waals surface area contributed by atoms with Gasteiger partial charge in [0.05, 0.1) is 23.3 Å². The maximum atomic E-state index is 12.6. The summed E-state index contributed by atoms with van der Waals surface area (Å²) in [5.74, 6) is 0.533. The molecule has 0 bridgehead atoms. The second-order valence-corrected chi connectivity index (χ2v) is 6.30. The molecule has 3 rings (SSSR count). The number of ether oxygens (including phenoxy) is 2. The van der Waals surface area contributed by atoms with E-state index in [1.54, 1.807) is 31.2 Å². The van der Waals surface area contributed by atoms with Gasteiger partial charge in [-0.3, -0.25) is 14.9 Å². The zero-order valence-corrected chi connectivity index (χ0v) is 16.0. The van der Waals surface area contributed by atoms with Crippen molar-refractivity contribution >= 4 is 17.3 Å². The SMILES string of the molecule is COc1cc(C(=O)Nc2cccc([N+](=O)[O-])c2C)ccc1OCc1ccccc1. The number of carbonyl (C=O) groups is 1. The Morgan fingerprint density at radius 3 is 2.48 bits per heavy atom. The Morgan fingerprint density at radius 2 is 1.79 bits per heavy atom. The Kier molecular flexibility index (Phi) is 6.09. The summed E-state index contributed by atoms with van der Waals surface area (Å²) in [7, 11) is 1.50. The molecule has 7 nitrogen and oxygen atoms in total. The van der Waals surface area contributed by atoms with E-state index in [4.69, 9.17) is 9.47 Å². The van der Waals surface area contributed by atoms with Crippen molar-refractivity contribution in [1.82, 2.24) is 0 Å². The molecular weight excluding hydrogens is 372 g/mol. The molecule has 29 heavy (non-hydrogen) atoms. The lowest BCUT2D eigenvalue weighted by molar-refractivity contribution is -0.385. The minimum Gasteiger partial charge on any atom is -0.493 e. The van der Waals surface area contributed by atoms with Crippen molar-refractivity contribution < 1.29 is 19.2 Å². The largest absolute Gasteiger partial charge is 0.493 e. The molecule has 3 aromatic rings. The van der Waals surface area contributed by atoms with Crippen LogP contribution in [-0.4, -0.2) is 17.9 Å². The highest BCUT2D eigenvalue weighted by atomic mass is 16.6. The van der Waals surface area contributed by atoms with Crippen molar-refractivity contribution in [2.75, 3.05) is 12.4 Å². The van der Waals surface area contributed by atoms with Crippen LogP contribution in [-0.2, 0) is 6.61 Å². The monoisotopic (exact) mass is 392 g/mol. The normalized spacial score (nSPS) is 10.3. The maximum Gasteiger partial charge on any atom is 0.274 e. The van der Waals surface area contributed by atoms with E-state index in [0.717, 1.165) is 5.56 Å². The highest BCUT2D eigenvalue weighted by Gasteiger charge is 2.17. The second kappa shape index (κ2) is 8.88. The Morgan fingerprint density at radius 1 is 1.03 bits per heavy atom. The molecule has 148 valence electrons. The highest BCUT2D eigenvalue weighted by Crippen LogP contribution is 2.30. The number of anilines is 1. The number of nitro benzene ring substituents is 1. The molecule has 0 aliphatic carbocycles. The highest BCUT2D eigenvalue weighted by molar-refractivity contribution is 6.05. The Balaban J connectivity index is 1.76. The molecule has 1 N–H and O–H groups in total. The zero-order valence-electron chi connectivity index (χ0n) is 16.0. The molecule has 3 aromatic carbocycles. The van der Waals surface area contributed by atoms with Crippen LogP contribution in [0.1, 0.15) is 21.5 Å². The van der Waals surface area contributed by atoms with Gasteiger partial charge in [0.15, 0.2) is 11.5 Å². The molecule has 0 fully saturated rings. The minimum atomic E-state index is -0.479. The maximum absolute atomic E-state index is 12.6. The van der Waals surface area contributed by atoms with Crippen LogP contribution in [0.2, 0.25) is 0 Å². The summed E-state index contributed by atoms with van der Waals surface area (Å²) in [5.41, 5.74) is 2.08. The molecule has 0 saturated carbocycles. The van der Waals surface area contributed by atoms with Crippen molar-refractivity contribution in [1.29, 1.82) is 0 Å². The van der Waals surface area contributed by atoms with Gasteiger partial charge in [-0.05, 0) is 36.8 Å². The number of rotatable bonds is 7. The molecule has 1 amide bonds. The first-order chi connectivity index (χ1) is 14.0. The van der Waals surface area contributed by atoms with Crippen molar-refractivity contribution in [2.24, 2.45) is 0 Å². The van der Waals surface area contributed by atoms with Gasteiger partial charge in [0.1, 0.15) is 6.61 Å². The third-order valence-corrected chi connectivity index (χ3v) is 4.41. The topological polar surface area (TPSA) is 90.7 Å². The molecule has 0 aliphatic rings. The molecule has 0 radical (unpaired) electrons. The molecule has 0 aliphatic heterocycles.